The van der Waals surface area contributed by atoms with Crippen molar-refractivity contribution in [3.63, 3.8) is 0 Å². The molecule has 2 aromatic heterocycles. The monoisotopic (exact) mass is 787 g/mol. The van der Waals surface area contributed by atoms with Gasteiger partial charge in [-0.3, -0.25) is 4.90 Å². The Labute approximate surface area is 335 Å². The molecule has 2 aromatic rings. The molecule has 2 N–H and O–H groups in total. The van der Waals surface area contributed by atoms with Gasteiger partial charge in [0.2, 0.25) is 5.89 Å². The van der Waals surface area contributed by atoms with Crippen molar-refractivity contribution in [2.24, 2.45) is 10.8 Å². The summed E-state index contributed by atoms with van der Waals surface area (Å²) in [7, 11) is 3.63. The Morgan fingerprint density at radius 1 is 0.821 bits per heavy atom. The van der Waals surface area contributed by atoms with Gasteiger partial charge >= 0.3 is 11.9 Å². The lowest BCUT2D eigenvalue weighted by Gasteiger charge is -2.36. The van der Waals surface area contributed by atoms with Gasteiger partial charge in [-0.05, 0) is 20.9 Å². The number of hydrogen-bond acceptors (Lipinski definition) is 12. The molecule has 56 heavy (non-hydrogen) atoms. The van der Waals surface area contributed by atoms with Crippen LogP contribution in [0, 0.1) is 10.8 Å². The first-order chi connectivity index (χ1) is 26.7. The molecule has 0 aromatic carbocycles. The Kier molecular flexibility index (Phi) is 16.3. The number of carbonyl (C=O) groups excluding carboxylic acids is 2. The molecule has 0 saturated carbocycles. The number of rotatable bonds is 7. The zero-order chi connectivity index (χ0) is 40.9. The van der Waals surface area contributed by atoms with Gasteiger partial charge in [-0.1, -0.05) is 119 Å². The molecule has 0 spiro atoms. The van der Waals surface area contributed by atoms with Gasteiger partial charge in [0.1, 0.15) is 18.5 Å². The van der Waals surface area contributed by atoms with Crippen LogP contribution in [0.4, 0.5) is 0 Å². The molecular formula is C44H57N3O8S. The molecule has 12 heteroatoms. The van der Waals surface area contributed by atoms with Crippen LogP contribution in [-0.4, -0.2) is 93.8 Å². The van der Waals surface area contributed by atoms with Crippen LogP contribution in [0.1, 0.15) is 86.3 Å². The fraction of sp³-hybridized carbons (Fsp3) is 0.455. The van der Waals surface area contributed by atoms with E-state index >= 15 is 0 Å². The lowest BCUT2D eigenvalue weighted by molar-refractivity contribution is -0.0461. The first-order valence-corrected chi connectivity index (χ1v) is 19.8. The van der Waals surface area contributed by atoms with Crippen molar-refractivity contribution in [2.75, 3.05) is 14.2 Å². The summed E-state index contributed by atoms with van der Waals surface area (Å²) in [6, 6.07) is 0.289. The first-order valence-electron chi connectivity index (χ1n) is 18.9. The van der Waals surface area contributed by atoms with E-state index in [4.69, 9.17) is 18.6 Å². The molecule has 11 nitrogen and oxygen atoms in total. The molecule has 8 atom stereocenters. The van der Waals surface area contributed by atoms with Gasteiger partial charge in [0.15, 0.2) is 11.4 Å². The molecule has 0 amide bonds. The quantitative estimate of drug-likeness (QED) is 0.162. The Bertz CT molecular complexity index is 1840. The fourth-order valence-electron chi connectivity index (χ4n) is 6.13. The molecule has 2 aliphatic rings. The maximum absolute atomic E-state index is 13.5. The number of aliphatic hydroxyl groups is 2. The maximum atomic E-state index is 13.5. The third-order valence-electron chi connectivity index (χ3n) is 10.3. The van der Waals surface area contributed by atoms with Gasteiger partial charge in [-0.25, -0.2) is 19.6 Å². The minimum absolute atomic E-state index is 0.0304. The van der Waals surface area contributed by atoms with E-state index in [9.17, 15) is 19.8 Å². The average molecular weight is 788 g/mol. The van der Waals surface area contributed by atoms with Crippen LogP contribution >= 0.6 is 11.3 Å². The lowest BCUT2D eigenvalue weighted by atomic mass is 9.79. The van der Waals surface area contributed by atoms with Gasteiger partial charge in [0, 0.05) is 60.7 Å². The summed E-state index contributed by atoms with van der Waals surface area (Å²) in [6.07, 6.45) is 28.7. The van der Waals surface area contributed by atoms with Crippen molar-refractivity contribution in [1.29, 1.82) is 0 Å². The molecule has 0 radical (unpaired) electrons. The Balaban J connectivity index is 1.60. The molecule has 4 heterocycles. The van der Waals surface area contributed by atoms with Crippen LogP contribution in [0.25, 0.3) is 6.08 Å². The number of allylic oxidation sites excluding steroid dienone is 8. The highest BCUT2D eigenvalue weighted by Gasteiger charge is 2.41. The molecule has 1 unspecified atom stereocenters. The number of likely N-dealkylation sites (N-methyl/N-ethyl adjacent to an activating group) is 1. The molecule has 1 fully saturated rings. The molecule has 0 aliphatic carbocycles. The largest absolute Gasteiger partial charge is 0.457 e. The maximum Gasteiger partial charge on any atom is 0.360 e. The SMILES string of the molecule is C/C=C/[C@H](O)C(C)(C)[C@@H]1C\C=C/C=C\C=C\[C@H](OC)Cc2nc(cs2)C(=O)O[C@H](C(C)(C)[C@@H](O)/C=C/C)C/C=C\[C@@H]2[C@H](/C=C/C=C\c3nc(co3)C(=O)O1)N2C. The predicted molar refractivity (Wildman–Crippen MR) is 220 cm³/mol. The van der Waals surface area contributed by atoms with Crippen molar-refractivity contribution >= 4 is 29.4 Å². The van der Waals surface area contributed by atoms with Crippen molar-refractivity contribution < 1.29 is 38.4 Å². The summed E-state index contributed by atoms with van der Waals surface area (Å²) < 4.78 is 23.2. The summed E-state index contributed by atoms with van der Waals surface area (Å²) in [6.45, 7) is 11.1. The number of ether oxygens (including phenoxy) is 3. The second kappa shape index (κ2) is 20.6. The van der Waals surface area contributed by atoms with Crippen LogP contribution in [0.15, 0.2) is 107 Å². The summed E-state index contributed by atoms with van der Waals surface area (Å²) in [4.78, 5) is 37.8. The van der Waals surface area contributed by atoms with Crippen LogP contribution in [0.5, 0.6) is 0 Å². The molecule has 2 aliphatic heterocycles. The zero-order valence-corrected chi connectivity index (χ0v) is 34.5. The van der Waals surface area contributed by atoms with Crippen molar-refractivity contribution in [2.45, 2.75) is 103 Å². The number of aliphatic hydroxyl groups excluding tert-OH is 2. The summed E-state index contributed by atoms with van der Waals surface area (Å²) in [5.41, 5.74) is -1.37. The summed E-state index contributed by atoms with van der Waals surface area (Å²) >= 11 is 1.36. The van der Waals surface area contributed by atoms with Gasteiger partial charge < -0.3 is 28.8 Å². The fourth-order valence-corrected chi connectivity index (χ4v) is 6.94. The van der Waals surface area contributed by atoms with E-state index in [-0.39, 0.29) is 35.5 Å². The average Bonchev–Trinajstić information content (AvgIpc) is 3.51. The van der Waals surface area contributed by atoms with E-state index in [2.05, 4.69) is 27.0 Å². The number of carbonyl (C=O) groups is 2. The highest BCUT2D eigenvalue weighted by Crippen LogP contribution is 2.34. The van der Waals surface area contributed by atoms with E-state index in [1.165, 1.54) is 17.6 Å². The van der Waals surface area contributed by atoms with E-state index in [1.54, 1.807) is 48.9 Å². The number of esters is 2. The van der Waals surface area contributed by atoms with Gasteiger partial charge in [0.05, 0.1) is 23.3 Å². The van der Waals surface area contributed by atoms with Crippen molar-refractivity contribution in [3.8, 4) is 0 Å². The minimum atomic E-state index is -0.861. The summed E-state index contributed by atoms with van der Waals surface area (Å²) in [5, 5.41) is 24.3. The summed E-state index contributed by atoms with van der Waals surface area (Å²) in [5.74, 6) is -0.945. The number of hydrogen-bond donors (Lipinski definition) is 2. The van der Waals surface area contributed by atoms with Crippen molar-refractivity contribution in [3.05, 3.63) is 125 Å². The normalized spacial score (nSPS) is 29.3. The minimum Gasteiger partial charge on any atom is -0.457 e. The third kappa shape index (κ3) is 12.0. The number of fused-ring (bicyclic) bond motifs is 5. The van der Waals surface area contributed by atoms with Crippen LogP contribution in [-0.2, 0) is 20.6 Å². The van der Waals surface area contributed by atoms with Gasteiger partial charge in [0.25, 0.3) is 0 Å². The topological polar surface area (TPSA) is 144 Å². The Morgan fingerprint density at radius 3 is 2.05 bits per heavy atom. The van der Waals surface area contributed by atoms with Crippen LogP contribution in [0.2, 0.25) is 0 Å². The highest BCUT2D eigenvalue weighted by molar-refractivity contribution is 7.09. The predicted octanol–water partition coefficient (Wildman–Crippen LogP) is 7.64. The smallest absolute Gasteiger partial charge is 0.360 e. The molecule has 4 bridgehead atoms. The second-order valence-electron chi connectivity index (χ2n) is 15.0. The Morgan fingerprint density at radius 2 is 1.41 bits per heavy atom. The van der Waals surface area contributed by atoms with Crippen molar-refractivity contribution in [1.82, 2.24) is 14.9 Å². The zero-order valence-electron chi connectivity index (χ0n) is 33.6. The lowest BCUT2D eigenvalue weighted by Crippen LogP contribution is -2.42. The molecule has 302 valence electrons. The standard InChI is InChI=1S/C44H57N3O8S/c1-9-19-35(48)43(3,4)37-24-15-13-11-12-14-21-30(52-8)27-40-46-32(29-56-40)42(51)55-38(44(5,6)36(49)20-10-2)25-18-23-34-33(47(34)7)22-16-17-26-39-45-31(28-53-39)41(50)54-37/h9-23,26,28-30,33-38,48-49H,24-25,27H2,1-8H3/b12-11-,15-13-,19-9+,20-10+,21-14+,22-16+,23-18-,26-17-/t30-,33-,34+,35-,36-,37-,38-,47?/m0/s1. The molecule has 1 saturated heterocycles. The van der Waals surface area contributed by atoms with E-state index in [0.29, 0.717) is 19.3 Å². The first kappa shape index (κ1) is 44.3. The number of nitrogens with zero attached hydrogens (tertiary/aromatic N) is 3. The molecule has 4 rings (SSSR count). The number of methoxy groups -OCH3 is 1. The van der Waals surface area contributed by atoms with Gasteiger partial charge in [-0.2, -0.15) is 0 Å². The number of cyclic esters (lactones) is 2. The van der Waals surface area contributed by atoms with E-state index in [0.717, 1.165) is 5.01 Å². The van der Waals surface area contributed by atoms with E-state index in [1.807, 2.05) is 97.2 Å². The number of oxazole rings is 1. The van der Waals surface area contributed by atoms with Gasteiger partial charge in [-0.15, -0.1) is 11.3 Å². The number of thiazole rings is 1. The highest BCUT2D eigenvalue weighted by atomic mass is 32.1. The van der Waals surface area contributed by atoms with Crippen LogP contribution in [0.3, 0.4) is 0 Å². The van der Waals surface area contributed by atoms with E-state index < -0.39 is 47.2 Å². The molecular weight excluding hydrogens is 731 g/mol. The second-order valence-corrected chi connectivity index (χ2v) is 16.0. The Hall–Kier alpha value is -4.46. The van der Waals surface area contributed by atoms with Crippen LogP contribution < -0.4 is 0 Å². The number of aromatic nitrogens is 2. The third-order valence-corrected chi connectivity index (χ3v) is 11.2.